The number of benzene rings is 2. The van der Waals surface area contributed by atoms with Crippen LogP contribution in [0.25, 0.3) is 11.0 Å². The number of aromatic nitrogens is 2. The monoisotopic (exact) mass is 660 g/mol. The minimum absolute atomic E-state index is 0.0510. The minimum atomic E-state index is -0.904. The number of rotatable bonds is 11. The lowest BCUT2D eigenvalue weighted by atomic mass is 9.75. The smallest absolute Gasteiger partial charge is 0.318 e. The number of amides is 4. The van der Waals surface area contributed by atoms with Gasteiger partial charge >= 0.3 is 6.03 Å². The van der Waals surface area contributed by atoms with E-state index in [0.717, 1.165) is 80.2 Å². The Labute approximate surface area is 280 Å². The van der Waals surface area contributed by atoms with Crippen LogP contribution >= 0.6 is 11.6 Å². The van der Waals surface area contributed by atoms with Gasteiger partial charge in [0.2, 0.25) is 11.8 Å². The van der Waals surface area contributed by atoms with Crippen molar-refractivity contribution in [1.82, 2.24) is 30.8 Å². The number of nitrogens with one attached hydrogen (secondary N) is 4. The Morgan fingerprint density at radius 1 is 1.06 bits per heavy atom. The van der Waals surface area contributed by atoms with Gasteiger partial charge < -0.3 is 30.6 Å². The van der Waals surface area contributed by atoms with Gasteiger partial charge in [-0.25, -0.2) is 9.78 Å². The van der Waals surface area contributed by atoms with Crippen molar-refractivity contribution in [3.05, 3.63) is 64.4 Å². The number of hydrogen-bond donors (Lipinski definition) is 4. The van der Waals surface area contributed by atoms with Crippen molar-refractivity contribution in [2.75, 3.05) is 32.8 Å². The van der Waals surface area contributed by atoms with Gasteiger partial charge in [0.15, 0.2) is 0 Å². The molecule has 4 aliphatic rings. The lowest BCUT2D eigenvalue weighted by molar-refractivity contribution is -0.148. The number of nitrogens with zero attached hydrogens (tertiary/aromatic N) is 2. The van der Waals surface area contributed by atoms with E-state index >= 15 is 0 Å². The molecule has 2 saturated carbocycles. The molecule has 0 radical (unpaired) electrons. The van der Waals surface area contributed by atoms with Gasteiger partial charge in [0.1, 0.15) is 17.3 Å². The second kappa shape index (κ2) is 12.8. The van der Waals surface area contributed by atoms with Crippen molar-refractivity contribution in [3.63, 3.8) is 0 Å². The van der Waals surface area contributed by atoms with Crippen LogP contribution in [0.15, 0.2) is 42.5 Å². The lowest BCUT2D eigenvalue weighted by Gasteiger charge is -2.42. The van der Waals surface area contributed by atoms with Gasteiger partial charge in [0.05, 0.1) is 30.3 Å². The highest BCUT2D eigenvalue weighted by Crippen LogP contribution is 2.60. The average Bonchev–Trinajstić information content (AvgIpc) is 3.37. The average molecular weight is 661 g/mol. The molecule has 2 aliphatic heterocycles. The van der Waals surface area contributed by atoms with E-state index in [1.807, 2.05) is 48.2 Å². The Morgan fingerprint density at radius 2 is 1.81 bits per heavy atom. The molecular weight excluding hydrogens is 616 g/mol. The Morgan fingerprint density at radius 3 is 2.43 bits per heavy atom. The maximum atomic E-state index is 13.9. The molecule has 4 N–H and O–H groups in total. The number of halogens is 1. The molecule has 3 heterocycles. The molecule has 11 heteroatoms. The molecule has 4 fully saturated rings. The van der Waals surface area contributed by atoms with Crippen molar-refractivity contribution in [2.24, 2.45) is 11.3 Å². The van der Waals surface area contributed by atoms with Gasteiger partial charge in [0, 0.05) is 30.6 Å². The van der Waals surface area contributed by atoms with Crippen molar-refractivity contribution in [1.29, 1.82) is 0 Å². The predicted molar refractivity (Wildman–Crippen MR) is 180 cm³/mol. The Hall–Kier alpha value is -3.63. The van der Waals surface area contributed by atoms with Gasteiger partial charge in [-0.1, -0.05) is 49.2 Å². The second-order valence-electron chi connectivity index (χ2n) is 14.2. The summed E-state index contributed by atoms with van der Waals surface area (Å²) in [6.45, 7) is 6.61. The number of carbonyl (C=O) groups excluding carboxylic acids is 3. The summed E-state index contributed by atoms with van der Waals surface area (Å²) in [7, 11) is 0. The largest absolute Gasteiger partial charge is 0.378 e. The SMILES string of the molecule is CCNC(=O)[C@H](NC(=O)C1(c2ccc3nc([C@@H](NC(=O)N4CCCC4)[C@H](c4ccccc4Cl)C4(C)CC4)[nH]c3c2)COC1)C1CCC1. The molecule has 2 saturated heterocycles. The van der Waals surface area contributed by atoms with Crippen molar-refractivity contribution in [2.45, 2.75) is 82.2 Å². The fourth-order valence-corrected chi connectivity index (χ4v) is 7.84. The number of imidazole rings is 1. The highest BCUT2D eigenvalue weighted by atomic mass is 35.5. The minimum Gasteiger partial charge on any atom is -0.378 e. The Bertz CT molecular complexity index is 1660. The third-order valence-electron chi connectivity index (χ3n) is 11.1. The zero-order valence-corrected chi connectivity index (χ0v) is 28.0. The number of likely N-dealkylation sites (tertiary alicyclic amines) is 1. The number of aromatic amines is 1. The highest BCUT2D eigenvalue weighted by Gasteiger charge is 2.52. The number of likely N-dealkylation sites (N-methyl/N-ethyl adjacent to an activating group) is 1. The molecule has 0 unspecified atom stereocenters. The number of ether oxygens (including phenoxy) is 1. The molecule has 47 heavy (non-hydrogen) atoms. The van der Waals surface area contributed by atoms with Crippen LogP contribution in [-0.4, -0.2) is 71.6 Å². The molecule has 7 rings (SSSR count). The van der Waals surface area contributed by atoms with Gasteiger partial charge in [-0.15, -0.1) is 0 Å². The van der Waals surface area contributed by atoms with E-state index in [1.54, 1.807) is 0 Å². The Balaban J connectivity index is 1.22. The van der Waals surface area contributed by atoms with Crippen molar-refractivity contribution >= 4 is 40.5 Å². The number of fused-ring (bicyclic) bond motifs is 1. The molecule has 4 amide bonds. The van der Waals surface area contributed by atoms with Crippen LogP contribution in [0.5, 0.6) is 0 Å². The van der Waals surface area contributed by atoms with Crippen LogP contribution in [0.3, 0.4) is 0 Å². The molecule has 0 bridgehead atoms. The maximum Gasteiger partial charge on any atom is 0.318 e. The summed E-state index contributed by atoms with van der Waals surface area (Å²) in [5.74, 6) is 0.384. The van der Waals surface area contributed by atoms with E-state index in [1.165, 1.54) is 0 Å². The van der Waals surface area contributed by atoms with E-state index in [0.29, 0.717) is 17.4 Å². The van der Waals surface area contributed by atoms with Crippen LogP contribution in [0.1, 0.15) is 87.7 Å². The number of carbonyl (C=O) groups is 3. The molecule has 2 aromatic carbocycles. The summed E-state index contributed by atoms with van der Waals surface area (Å²) in [4.78, 5) is 51.0. The Kier molecular flexibility index (Phi) is 8.68. The summed E-state index contributed by atoms with van der Waals surface area (Å²) >= 11 is 6.83. The van der Waals surface area contributed by atoms with Gasteiger partial charge in [-0.3, -0.25) is 9.59 Å². The van der Waals surface area contributed by atoms with Gasteiger partial charge in [0.25, 0.3) is 0 Å². The molecule has 10 nitrogen and oxygen atoms in total. The zero-order valence-electron chi connectivity index (χ0n) is 27.2. The second-order valence-corrected chi connectivity index (χ2v) is 14.6. The van der Waals surface area contributed by atoms with Crippen LogP contribution < -0.4 is 16.0 Å². The van der Waals surface area contributed by atoms with Crippen molar-refractivity contribution in [3.8, 4) is 0 Å². The molecule has 1 aromatic heterocycles. The zero-order chi connectivity index (χ0) is 32.8. The molecule has 250 valence electrons. The lowest BCUT2D eigenvalue weighted by Crippen LogP contribution is -2.62. The predicted octanol–water partition coefficient (Wildman–Crippen LogP) is 5.34. The van der Waals surface area contributed by atoms with Gasteiger partial charge in [-0.2, -0.15) is 0 Å². The summed E-state index contributed by atoms with van der Waals surface area (Å²) in [6, 6.07) is 12.6. The fourth-order valence-electron chi connectivity index (χ4n) is 7.59. The van der Waals surface area contributed by atoms with E-state index in [2.05, 4.69) is 33.9 Å². The quantitative estimate of drug-likeness (QED) is 0.221. The van der Waals surface area contributed by atoms with Gasteiger partial charge in [-0.05, 0) is 86.1 Å². The van der Waals surface area contributed by atoms with Crippen molar-refractivity contribution < 1.29 is 19.1 Å². The highest BCUT2D eigenvalue weighted by molar-refractivity contribution is 6.31. The van der Waals surface area contributed by atoms with Crippen LogP contribution in [0.4, 0.5) is 4.79 Å². The third-order valence-corrected chi connectivity index (χ3v) is 11.4. The van der Waals surface area contributed by atoms with Crippen LogP contribution in [0, 0.1) is 11.3 Å². The molecule has 2 aliphatic carbocycles. The fraction of sp³-hybridized carbons (Fsp3) is 0.556. The molecule has 3 aromatic rings. The first-order valence-corrected chi connectivity index (χ1v) is 17.6. The van der Waals surface area contributed by atoms with Crippen LogP contribution in [-0.2, 0) is 19.7 Å². The first-order chi connectivity index (χ1) is 22.7. The first kappa shape index (κ1) is 31.9. The van der Waals surface area contributed by atoms with E-state index < -0.39 is 17.5 Å². The standard InChI is InChI=1S/C36H45ClN6O4/c1-3-38-32(44)29(22-9-8-10-22)41-33(45)36(20-47-21-36)23-13-14-26-27(19-23)40-31(39-26)30(42-34(46)43-17-6-7-18-43)28(35(2)15-16-35)24-11-4-5-12-25(24)37/h4-5,11-14,19,22,28-30H,3,6-10,15-18,20-21H2,1-2H3,(H,38,44)(H,39,40)(H,41,45)(H,42,46)/t28-,29+,30-/m0/s1. The number of H-pyrrole nitrogens is 1. The summed E-state index contributed by atoms with van der Waals surface area (Å²) < 4.78 is 5.64. The van der Waals surface area contributed by atoms with E-state index in [9.17, 15) is 14.4 Å². The number of hydrogen-bond acceptors (Lipinski definition) is 5. The first-order valence-electron chi connectivity index (χ1n) is 17.2. The normalized spacial score (nSPS) is 21.6. The van der Waals surface area contributed by atoms with Crippen LogP contribution in [0.2, 0.25) is 5.02 Å². The summed E-state index contributed by atoms with van der Waals surface area (Å²) in [5.41, 5.74) is 2.37. The maximum absolute atomic E-state index is 13.9. The topological polar surface area (TPSA) is 128 Å². The molecule has 3 atom stereocenters. The third kappa shape index (κ3) is 5.99. The number of urea groups is 1. The summed E-state index contributed by atoms with van der Waals surface area (Å²) in [5, 5.41) is 10.0. The van der Waals surface area contributed by atoms with E-state index in [4.69, 9.17) is 21.3 Å². The molecular formula is C36H45ClN6O4. The molecule has 0 spiro atoms. The van der Waals surface area contributed by atoms with E-state index in [-0.39, 0.29) is 48.3 Å². The summed E-state index contributed by atoms with van der Waals surface area (Å²) in [6.07, 6.45) is 6.98.